The van der Waals surface area contributed by atoms with E-state index in [9.17, 15) is 4.79 Å². The van der Waals surface area contributed by atoms with Crippen LogP contribution in [0.15, 0.2) is 30.3 Å². The van der Waals surface area contributed by atoms with Gasteiger partial charge in [-0.2, -0.15) is 5.10 Å². The number of amides is 1. The molecule has 4 nitrogen and oxygen atoms in total. The van der Waals surface area contributed by atoms with E-state index in [1.807, 2.05) is 11.9 Å². The summed E-state index contributed by atoms with van der Waals surface area (Å²) in [6, 6.07) is 10.6. The first-order valence-corrected chi connectivity index (χ1v) is 9.20. The van der Waals surface area contributed by atoms with Gasteiger partial charge in [0, 0.05) is 13.0 Å². The van der Waals surface area contributed by atoms with Crippen LogP contribution in [0.1, 0.15) is 61.5 Å². The lowest BCUT2D eigenvalue weighted by molar-refractivity contribution is -0.134. The van der Waals surface area contributed by atoms with Gasteiger partial charge in [0.1, 0.15) is 0 Å². The van der Waals surface area contributed by atoms with Crippen LogP contribution in [0.25, 0.3) is 0 Å². The van der Waals surface area contributed by atoms with E-state index in [1.54, 1.807) is 0 Å². The van der Waals surface area contributed by atoms with Gasteiger partial charge in [-0.3, -0.25) is 9.89 Å². The smallest absolute Gasteiger partial charge is 0.233 e. The van der Waals surface area contributed by atoms with Crippen LogP contribution in [0.4, 0.5) is 0 Å². The summed E-state index contributed by atoms with van der Waals surface area (Å²) in [5, 5.41) is 7.51. The van der Waals surface area contributed by atoms with Gasteiger partial charge in [-0.15, -0.1) is 0 Å². The number of hydrogen-bond donors (Lipinski definition) is 1. The van der Waals surface area contributed by atoms with Gasteiger partial charge < -0.3 is 4.90 Å². The number of carbonyl (C=O) groups excluding carboxylic acids is 1. The molecule has 1 aromatic carbocycles. The first-order chi connectivity index (χ1) is 11.8. The normalized spacial score (nSPS) is 24.2. The molecule has 2 fully saturated rings. The lowest BCUT2D eigenvalue weighted by atomic mass is 9.86. The van der Waals surface area contributed by atoms with Gasteiger partial charge in [0.2, 0.25) is 5.91 Å². The highest BCUT2D eigenvalue weighted by Gasteiger charge is 2.67. The van der Waals surface area contributed by atoms with E-state index < -0.39 is 5.41 Å². The van der Waals surface area contributed by atoms with Crippen molar-refractivity contribution in [1.29, 1.82) is 0 Å². The maximum Gasteiger partial charge on any atom is 0.233 e. The van der Waals surface area contributed by atoms with Crippen molar-refractivity contribution in [1.82, 2.24) is 15.1 Å². The number of nitrogens with one attached hydrogen (secondary N) is 1. The molecule has 0 saturated heterocycles. The largest absolute Gasteiger partial charge is 0.339 e. The monoisotopic (exact) mass is 337 g/mol. The molecular weight excluding hydrogens is 310 g/mol. The lowest BCUT2D eigenvalue weighted by Gasteiger charge is -2.26. The summed E-state index contributed by atoms with van der Waals surface area (Å²) in [6.07, 6.45) is 3.39. The number of benzene rings is 1. The van der Waals surface area contributed by atoms with E-state index in [0.29, 0.717) is 12.5 Å². The van der Waals surface area contributed by atoms with Crippen LogP contribution >= 0.6 is 0 Å². The molecule has 0 aliphatic heterocycles. The predicted octanol–water partition coefficient (Wildman–Crippen LogP) is 3.92. The average Bonchev–Trinajstić information content (AvgIpc) is 3.45. The Morgan fingerprint density at radius 2 is 1.92 bits per heavy atom. The maximum absolute atomic E-state index is 13.4. The highest BCUT2D eigenvalue weighted by Crippen LogP contribution is 2.65. The number of aryl methyl sites for hydroxylation is 1. The quantitative estimate of drug-likeness (QED) is 0.899. The second-order valence-corrected chi connectivity index (χ2v) is 8.59. The van der Waals surface area contributed by atoms with Gasteiger partial charge in [-0.25, -0.2) is 0 Å². The van der Waals surface area contributed by atoms with Gasteiger partial charge >= 0.3 is 0 Å². The summed E-state index contributed by atoms with van der Waals surface area (Å²) in [7, 11) is 1.91. The molecular formula is C21H27N3O. The molecule has 4 heteroatoms. The number of aromatic amines is 1. The van der Waals surface area contributed by atoms with Crippen molar-refractivity contribution in [2.75, 3.05) is 7.05 Å². The molecule has 1 amide bonds. The van der Waals surface area contributed by atoms with E-state index >= 15 is 0 Å². The molecule has 1 N–H and O–H groups in total. The summed E-state index contributed by atoms with van der Waals surface area (Å²) in [6.45, 7) is 7.06. The number of H-pyrrole nitrogens is 1. The highest BCUT2D eigenvalue weighted by molar-refractivity contribution is 5.93. The van der Waals surface area contributed by atoms with Crippen molar-refractivity contribution in [3.05, 3.63) is 52.8 Å². The molecule has 0 spiro atoms. The zero-order valence-corrected chi connectivity index (χ0v) is 15.6. The Morgan fingerprint density at radius 1 is 1.28 bits per heavy atom. The van der Waals surface area contributed by atoms with Gasteiger partial charge in [-0.05, 0) is 43.2 Å². The van der Waals surface area contributed by atoms with Crippen molar-refractivity contribution >= 4 is 5.91 Å². The summed E-state index contributed by atoms with van der Waals surface area (Å²) in [5.41, 5.74) is 4.15. The second-order valence-electron chi connectivity index (χ2n) is 8.59. The molecule has 0 radical (unpaired) electrons. The third-order valence-corrected chi connectivity index (χ3v) is 6.05. The molecule has 2 aromatic rings. The zero-order valence-electron chi connectivity index (χ0n) is 15.6. The van der Waals surface area contributed by atoms with Crippen LogP contribution in [-0.2, 0) is 16.8 Å². The van der Waals surface area contributed by atoms with Crippen molar-refractivity contribution < 1.29 is 4.79 Å². The molecule has 4 rings (SSSR count). The molecule has 2 saturated carbocycles. The molecule has 1 aromatic heterocycles. The minimum atomic E-state index is -0.394. The Morgan fingerprint density at radius 3 is 2.48 bits per heavy atom. The van der Waals surface area contributed by atoms with Crippen LogP contribution in [0.5, 0.6) is 0 Å². The first-order valence-electron chi connectivity index (χ1n) is 9.20. The van der Waals surface area contributed by atoms with Crippen molar-refractivity contribution in [3.63, 3.8) is 0 Å². The average molecular weight is 337 g/mol. The molecule has 2 aliphatic rings. The van der Waals surface area contributed by atoms with E-state index in [2.05, 4.69) is 61.3 Å². The molecule has 25 heavy (non-hydrogen) atoms. The summed E-state index contributed by atoms with van der Waals surface area (Å²) in [5.74, 6) is 0.844. The number of nitrogens with zero attached hydrogens (tertiary/aromatic N) is 2. The predicted molar refractivity (Wildman–Crippen MR) is 98.3 cm³/mol. The fraction of sp³-hybridized carbons (Fsp3) is 0.524. The Bertz CT molecular complexity index is 801. The van der Waals surface area contributed by atoms with Gasteiger partial charge in [0.25, 0.3) is 0 Å². The highest BCUT2D eigenvalue weighted by atomic mass is 16.2. The number of rotatable bonds is 5. The summed E-state index contributed by atoms with van der Waals surface area (Å²) < 4.78 is 0. The standard InChI is InChI=1S/C21H27N3O/c1-14-5-9-16(10-6-14)21(13-20(21,2)3)19(25)24(4)12-17-11-18(23-22-17)15-7-8-15/h5-6,9-11,15H,7-8,12-13H2,1-4H3,(H,22,23)/t21-/m0/s1. The molecule has 0 unspecified atom stereocenters. The van der Waals surface area contributed by atoms with Gasteiger partial charge in [0.15, 0.2) is 0 Å². The molecule has 132 valence electrons. The maximum atomic E-state index is 13.4. The fourth-order valence-electron chi connectivity index (χ4n) is 4.14. The number of aromatic nitrogens is 2. The Balaban J connectivity index is 1.55. The van der Waals surface area contributed by atoms with E-state index in [1.165, 1.54) is 18.4 Å². The Labute approximate surface area is 149 Å². The molecule has 2 aliphatic carbocycles. The second kappa shape index (κ2) is 5.45. The molecule has 1 heterocycles. The van der Waals surface area contributed by atoms with E-state index in [4.69, 9.17) is 0 Å². The zero-order chi connectivity index (χ0) is 17.8. The minimum absolute atomic E-state index is 0.000754. The molecule has 1 atom stereocenters. The van der Waals surface area contributed by atoms with E-state index in [-0.39, 0.29) is 11.3 Å². The lowest BCUT2D eigenvalue weighted by Crippen LogP contribution is -2.39. The van der Waals surface area contributed by atoms with Gasteiger partial charge in [0.05, 0.1) is 23.3 Å². The van der Waals surface area contributed by atoms with Crippen LogP contribution in [0, 0.1) is 12.3 Å². The van der Waals surface area contributed by atoms with E-state index in [0.717, 1.165) is 23.4 Å². The third-order valence-electron chi connectivity index (χ3n) is 6.05. The topological polar surface area (TPSA) is 49.0 Å². The SMILES string of the molecule is Cc1ccc([C@]2(C(=O)N(C)Cc3cc(C4CC4)n[nH]3)CC2(C)C)cc1. The number of likely N-dealkylation sites (N-methyl/N-ethyl adjacent to an activating group) is 1. The van der Waals surface area contributed by atoms with Crippen molar-refractivity contribution in [2.24, 2.45) is 5.41 Å². The van der Waals surface area contributed by atoms with Gasteiger partial charge in [-0.1, -0.05) is 43.7 Å². The number of carbonyl (C=O) groups is 1. The Kier molecular flexibility index (Phi) is 3.57. The third kappa shape index (κ3) is 2.68. The summed E-state index contributed by atoms with van der Waals surface area (Å²) in [4.78, 5) is 15.2. The Hall–Kier alpha value is -2.10. The van der Waals surface area contributed by atoms with Crippen molar-refractivity contribution in [3.8, 4) is 0 Å². The summed E-state index contributed by atoms with van der Waals surface area (Å²) >= 11 is 0. The minimum Gasteiger partial charge on any atom is -0.339 e. The van der Waals surface area contributed by atoms with Crippen LogP contribution in [0.3, 0.4) is 0 Å². The van der Waals surface area contributed by atoms with Crippen molar-refractivity contribution in [2.45, 2.75) is 57.9 Å². The van der Waals surface area contributed by atoms with Crippen LogP contribution in [0.2, 0.25) is 0 Å². The number of hydrogen-bond acceptors (Lipinski definition) is 2. The fourth-order valence-corrected chi connectivity index (χ4v) is 4.14. The first kappa shape index (κ1) is 16.4. The van der Waals surface area contributed by atoms with Crippen LogP contribution < -0.4 is 0 Å². The van der Waals surface area contributed by atoms with Crippen LogP contribution in [-0.4, -0.2) is 28.1 Å². The molecule has 0 bridgehead atoms.